The van der Waals surface area contributed by atoms with Gasteiger partial charge in [0, 0.05) is 25.3 Å². The molecule has 1 saturated carbocycles. The van der Waals surface area contributed by atoms with Crippen molar-refractivity contribution in [1.29, 1.82) is 0 Å². The predicted octanol–water partition coefficient (Wildman–Crippen LogP) is 3.97. The van der Waals surface area contributed by atoms with E-state index in [1.165, 1.54) is 4.90 Å². The van der Waals surface area contributed by atoms with Crippen LogP contribution in [0.2, 0.25) is 0 Å². The number of aliphatic hydroxyl groups excluding tert-OH is 1. The third kappa shape index (κ3) is 9.51. The van der Waals surface area contributed by atoms with Gasteiger partial charge in [-0.05, 0) is 58.6 Å². The molecular weight excluding hydrogens is 568 g/mol. The molecule has 0 radical (unpaired) electrons. The number of nitrogens with zero attached hydrogens (tertiary/aromatic N) is 2. The minimum absolute atomic E-state index is 0.0194. The summed E-state index contributed by atoms with van der Waals surface area (Å²) in [5.41, 5.74) is 3.99. The van der Waals surface area contributed by atoms with Gasteiger partial charge in [-0.1, -0.05) is 36.1 Å². The molecule has 1 aromatic heterocycles. The molecule has 2 aromatic rings. The fourth-order valence-electron chi connectivity index (χ4n) is 4.85. The number of rotatable bonds is 10. The number of ether oxygens (including phenoxy) is 2. The van der Waals surface area contributed by atoms with Crippen LogP contribution in [-0.2, 0) is 19.1 Å². The molecule has 4 rings (SSSR count). The van der Waals surface area contributed by atoms with E-state index in [1.54, 1.807) is 32.1 Å². The summed E-state index contributed by atoms with van der Waals surface area (Å²) in [7, 11) is 0. The van der Waals surface area contributed by atoms with Crippen LogP contribution in [0.1, 0.15) is 70.7 Å². The highest BCUT2D eigenvalue weighted by molar-refractivity contribution is 7.13. The van der Waals surface area contributed by atoms with Crippen molar-refractivity contribution in [3.63, 3.8) is 0 Å². The summed E-state index contributed by atoms with van der Waals surface area (Å²) < 4.78 is 11.0. The first-order chi connectivity index (χ1) is 20.4. The molecule has 3 N–H and O–H groups in total. The molecule has 1 aromatic carbocycles. The highest BCUT2D eigenvalue weighted by Crippen LogP contribution is 2.29. The van der Waals surface area contributed by atoms with Crippen LogP contribution in [0, 0.1) is 24.7 Å². The van der Waals surface area contributed by atoms with Crippen molar-refractivity contribution in [3.8, 4) is 22.3 Å². The van der Waals surface area contributed by atoms with Gasteiger partial charge < -0.3 is 30.1 Å². The van der Waals surface area contributed by atoms with Crippen molar-refractivity contribution in [2.45, 2.75) is 90.1 Å². The number of aromatic nitrogens is 1. The first-order valence-corrected chi connectivity index (χ1v) is 15.6. The number of hydrogen-bond donors (Lipinski definition) is 3. The second-order valence-electron chi connectivity index (χ2n) is 12.2. The Morgan fingerprint density at radius 2 is 1.91 bits per heavy atom. The number of aryl methyl sites for hydroxylation is 1. The van der Waals surface area contributed by atoms with Gasteiger partial charge in [0.25, 0.3) is 0 Å². The number of carbonyl (C=O) groups is 3. The zero-order chi connectivity index (χ0) is 31.1. The largest absolute Gasteiger partial charge is 0.444 e. The summed E-state index contributed by atoms with van der Waals surface area (Å²) in [6.07, 6.45) is 0.890. The third-order valence-electron chi connectivity index (χ3n) is 7.24. The number of nitrogens with one attached hydrogen (secondary N) is 2. The van der Waals surface area contributed by atoms with Crippen LogP contribution in [0.25, 0.3) is 10.4 Å². The average molecular weight is 611 g/mol. The van der Waals surface area contributed by atoms with E-state index < -0.39 is 35.8 Å². The van der Waals surface area contributed by atoms with Crippen LogP contribution < -0.4 is 10.6 Å². The Labute approximate surface area is 257 Å². The molecule has 3 amide bonds. The molecule has 10 nitrogen and oxygen atoms in total. The quantitative estimate of drug-likeness (QED) is 0.274. The van der Waals surface area contributed by atoms with Crippen LogP contribution in [0.15, 0.2) is 29.8 Å². The smallest absolute Gasteiger partial charge is 0.408 e. The monoisotopic (exact) mass is 610 g/mol. The van der Waals surface area contributed by atoms with Crippen LogP contribution in [0.3, 0.4) is 0 Å². The van der Waals surface area contributed by atoms with Crippen molar-refractivity contribution in [2.75, 3.05) is 19.8 Å². The average Bonchev–Trinajstić information content (AvgIpc) is 3.53. The van der Waals surface area contributed by atoms with Gasteiger partial charge in [0.15, 0.2) is 0 Å². The lowest BCUT2D eigenvalue weighted by molar-refractivity contribution is -0.140. The van der Waals surface area contributed by atoms with E-state index in [9.17, 15) is 19.5 Å². The molecule has 2 fully saturated rings. The van der Waals surface area contributed by atoms with Crippen molar-refractivity contribution >= 4 is 29.2 Å². The SMILES string of the molecule is Cc1ncsc1-c1ccc([C@H](C)NC(=O)[C@@H]2C[C@@H](O)CN2C(=O)[C@H](CCOCC#CC2CC2)NC(=O)OC(C)(C)C)cc1. The molecule has 1 saturated heterocycles. The lowest BCUT2D eigenvalue weighted by Gasteiger charge is -2.30. The molecule has 232 valence electrons. The van der Waals surface area contributed by atoms with Gasteiger partial charge in [-0.15, -0.1) is 11.3 Å². The Kier molecular flexibility index (Phi) is 10.8. The standard InChI is InChI=1S/C32H42N4O6S/c1-20(23-10-12-24(13-11-23)28-21(2)33-19-43-28)34-29(38)27-17-25(37)18-36(27)30(39)26(35-31(40)42-32(3,4)5)14-16-41-15-6-7-22-8-9-22/h10-13,19-20,22,25-27,37H,8-9,14-18H2,1-5H3,(H,34,38)(H,35,40)/t20-,25+,26-,27-/m0/s1. The first kappa shape index (κ1) is 32.5. The highest BCUT2D eigenvalue weighted by Gasteiger charge is 2.42. The maximum absolute atomic E-state index is 13.7. The summed E-state index contributed by atoms with van der Waals surface area (Å²) in [5.74, 6) is 5.71. The molecule has 11 heteroatoms. The second kappa shape index (κ2) is 14.3. The molecule has 2 aliphatic rings. The van der Waals surface area contributed by atoms with Crippen LogP contribution in [0.5, 0.6) is 0 Å². The van der Waals surface area contributed by atoms with E-state index >= 15 is 0 Å². The van der Waals surface area contributed by atoms with Crippen molar-refractivity contribution in [2.24, 2.45) is 5.92 Å². The summed E-state index contributed by atoms with van der Waals surface area (Å²) in [6, 6.07) is 5.69. The Morgan fingerprint density at radius 3 is 2.53 bits per heavy atom. The van der Waals surface area contributed by atoms with Crippen LogP contribution in [-0.4, -0.2) is 76.4 Å². The molecule has 4 atom stereocenters. The van der Waals surface area contributed by atoms with Gasteiger partial charge in [0.1, 0.15) is 24.3 Å². The number of amides is 3. The third-order valence-corrected chi connectivity index (χ3v) is 8.22. The van der Waals surface area contributed by atoms with E-state index in [0.29, 0.717) is 5.92 Å². The topological polar surface area (TPSA) is 130 Å². The summed E-state index contributed by atoms with van der Waals surface area (Å²) in [5, 5.41) is 16.1. The zero-order valence-corrected chi connectivity index (χ0v) is 26.3. The fraction of sp³-hybridized carbons (Fsp3) is 0.562. The molecule has 1 aliphatic carbocycles. The summed E-state index contributed by atoms with van der Waals surface area (Å²) in [6.45, 7) is 9.43. The molecule has 0 bridgehead atoms. The molecule has 0 unspecified atom stereocenters. The first-order valence-electron chi connectivity index (χ1n) is 14.8. The van der Waals surface area contributed by atoms with Gasteiger partial charge in [-0.25, -0.2) is 9.78 Å². The summed E-state index contributed by atoms with van der Waals surface area (Å²) in [4.78, 5) is 46.5. The number of thiazole rings is 1. The molecule has 0 spiro atoms. The molecule has 43 heavy (non-hydrogen) atoms. The Bertz CT molecular complexity index is 1340. The Hall–Kier alpha value is -3.46. The number of benzene rings is 1. The van der Waals surface area contributed by atoms with Crippen molar-refractivity contribution < 1.29 is 29.0 Å². The molecule has 1 aliphatic heterocycles. The van der Waals surface area contributed by atoms with E-state index in [2.05, 4.69) is 27.5 Å². The Morgan fingerprint density at radius 1 is 1.19 bits per heavy atom. The van der Waals surface area contributed by atoms with E-state index in [0.717, 1.165) is 34.5 Å². The number of carbonyl (C=O) groups excluding carboxylic acids is 3. The molecule has 2 heterocycles. The number of β-amino-alcohol motifs (C(OH)–C–C–N with tert-alkyl or cyclic N) is 1. The normalized spacial score (nSPS) is 19.6. The van der Waals surface area contributed by atoms with Crippen LogP contribution >= 0.6 is 11.3 Å². The van der Waals surface area contributed by atoms with E-state index in [-0.39, 0.29) is 44.5 Å². The Balaban J connectivity index is 1.40. The number of aliphatic hydroxyl groups is 1. The van der Waals surface area contributed by atoms with Gasteiger partial charge in [0.05, 0.1) is 34.8 Å². The second-order valence-corrected chi connectivity index (χ2v) is 13.0. The highest BCUT2D eigenvalue weighted by atomic mass is 32.1. The zero-order valence-electron chi connectivity index (χ0n) is 25.5. The van der Waals surface area contributed by atoms with E-state index in [1.807, 2.05) is 43.6 Å². The minimum Gasteiger partial charge on any atom is -0.444 e. The van der Waals surface area contributed by atoms with Gasteiger partial charge >= 0.3 is 6.09 Å². The summed E-state index contributed by atoms with van der Waals surface area (Å²) >= 11 is 1.58. The van der Waals surface area contributed by atoms with Gasteiger partial charge in [0.2, 0.25) is 11.8 Å². The number of hydrogen-bond acceptors (Lipinski definition) is 8. The minimum atomic E-state index is -1.01. The lowest BCUT2D eigenvalue weighted by atomic mass is 10.0. The van der Waals surface area contributed by atoms with Crippen LogP contribution in [0.4, 0.5) is 4.79 Å². The van der Waals surface area contributed by atoms with Gasteiger partial charge in [-0.2, -0.15) is 0 Å². The van der Waals surface area contributed by atoms with Gasteiger partial charge in [-0.3, -0.25) is 9.59 Å². The maximum atomic E-state index is 13.7. The van der Waals surface area contributed by atoms with E-state index in [4.69, 9.17) is 9.47 Å². The van der Waals surface area contributed by atoms with Crippen molar-refractivity contribution in [1.82, 2.24) is 20.5 Å². The molecular formula is C32H42N4O6S. The number of alkyl carbamates (subject to hydrolysis) is 1. The fourth-order valence-corrected chi connectivity index (χ4v) is 5.66. The number of likely N-dealkylation sites (tertiary alicyclic amines) is 1. The van der Waals surface area contributed by atoms with Crippen molar-refractivity contribution in [3.05, 3.63) is 41.0 Å². The predicted molar refractivity (Wildman–Crippen MR) is 164 cm³/mol. The maximum Gasteiger partial charge on any atom is 0.408 e. The lowest BCUT2D eigenvalue weighted by Crippen LogP contribution is -2.54.